The van der Waals surface area contributed by atoms with Gasteiger partial charge in [-0.3, -0.25) is 4.79 Å². The number of amides is 1. The Hall–Kier alpha value is -1.05. The summed E-state index contributed by atoms with van der Waals surface area (Å²) in [5.74, 6) is -0.416. The lowest BCUT2D eigenvalue weighted by molar-refractivity contribution is 0.0950. The van der Waals surface area contributed by atoms with Crippen molar-refractivity contribution in [3.63, 3.8) is 0 Å². The minimum atomic E-state index is -0.217. The van der Waals surface area contributed by atoms with Gasteiger partial charge in [-0.05, 0) is 41.1 Å². The van der Waals surface area contributed by atoms with E-state index in [0.717, 1.165) is 0 Å². The largest absolute Gasteiger partial charge is 0.351 e. The zero-order chi connectivity index (χ0) is 12.1. The second kappa shape index (κ2) is 5.88. The van der Waals surface area contributed by atoms with Crippen LogP contribution in [0.2, 0.25) is 5.02 Å². The molecule has 1 N–H and O–H groups in total. The number of nitrogens with zero attached hydrogens (tertiary/aromatic N) is 1. The highest BCUT2D eigenvalue weighted by Gasteiger charge is 2.10. The van der Waals surface area contributed by atoms with E-state index >= 15 is 0 Å². The van der Waals surface area contributed by atoms with Crippen molar-refractivity contribution >= 4 is 33.4 Å². The number of carbonyl (C=O) groups is 1. The lowest BCUT2D eigenvalue weighted by atomic mass is 10.2. The van der Waals surface area contributed by atoms with Gasteiger partial charge in [0.15, 0.2) is 0 Å². The van der Waals surface area contributed by atoms with E-state index in [2.05, 4.69) is 21.2 Å². The molecule has 0 fully saturated rings. The molecule has 3 nitrogen and oxygen atoms in total. The molecule has 84 valence electrons. The number of carbonyl (C=O) groups excluding carboxylic acids is 1. The Kier molecular flexibility index (Phi) is 4.78. The fourth-order valence-electron chi connectivity index (χ4n) is 1.06. The number of hydrogen-bond donors (Lipinski definition) is 1. The molecule has 5 heteroatoms. The van der Waals surface area contributed by atoms with Crippen molar-refractivity contribution in [2.45, 2.75) is 6.92 Å². The maximum absolute atomic E-state index is 11.7. The molecular weight excluding hydrogens is 291 g/mol. The van der Waals surface area contributed by atoms with E-state index in [0.29, 0.717) is 21.6 Å². The molecule has 0 spiro atoms. The summed E-state index contributed by atoms with van der Waals surface area (Å²) in [6.07, 6.45) is 0. The summed E-state index contributed by atoms with van der Waals surface area (Å²) in [5.41, 5.74) is 0.509. The third-order valence-corrected chi connectivity index (χ3v) is 2.86. The molecule has 0 bridgehead atoms. The van der Waals surface area contributed by atoms with Crippen LogP contribution >= 0.6 is 27.5 Å². The lowest BCUT2D eigenvalue weighted by Crippen LogP contribution is -2.28. The van der Waals surface area contributed by atoms with Gasteiger partial charge in [0, 0.05) is 16.0 Å². The van der Waals surface area contributed by atoms with E-state index in [-0.39, 0.29) is 11.8 Å². The van der Waals surface area contributed by atoms with Crippen molar-refractivity contribution in [2.24, 2.45) is 5.92 Å². The van der Waals surface area contributed by atoms with Gasteiger partial charge in [0.25, 0.3) is 5.91 Å². The van der Waals surface area contributed by atoms with Crippen LogP contribution in [0.25, 0.3) is 0 Å². The van der Waals surface area contributed by atoms with Crippen molar-refractivity contribution in [2.75, 3.05) is 6.54 Å². The molecule has 1 aromatic rings. The Morgan fingerprint density at radius 2 is 2.38 bits per heavy atom. The van der Waals surface area contributed by atoms with Crippen LogP contribution in [0.1, 0.15) is 17.3 Å². The number of rotatable bonds is 3. The highest BCUT2D eigenvalue weighted by molar-refractivity contribution is 9.10. The summed E-state index contributed by atoms with van der Waals surface area (Å²) in [6.45, 7) is 2.08. The first-order valence-electron chi connectivity index (χ1n) is 4.67. The Labute approximate surface area is 108 Å². The maximum Gasteiger partial charge on any atom is 0.252 e. The Bertz CT molecular complexity index is 442. The van der Waals surface area contributed by atoms with E-state index in [4.69, 9.17) is 16.9 Å². The van der Waals surface area contributed by atoms with Crippen molar-refractivity contribution in [1.29, 1.82) is 5.26 Å². The Morgan fingerprint density at radius 3 is 2.94 bits per heavy atom. The molecule has 16 heavy (non-hydrogen) atoms. The molecule has 0 aliphatic rings. The molecular formula is C11H10BrClN2O. The number of hydrogen-bond acceptors (Lipinski definition) is 2. The number of halogens is 2. The predicted molar refractivity (Wildman–Crippen MR) is 66.3 cm³/mol. The summed E-state index contributed by atoms with van der Waals surface area (Å²) in [6, 6.07) is 6.99. The zero-order valence-corrected chi connectivity index (χ0v) is 11.0. The second-order valence-electron chi connectivity index (χ2n) is 3.36. The van der Waals surface area contributed by atoms with Crippen LogP contribution in [0.5, 0.6) is 0 Å². The zero-order valence-electron chi connectivity index (χ0n) is 8.63. The van der Waals surface area contributed by atoms with E-state index in [1.54, 1.807) is 25.1 Å². The molecule has 1 rings (SSSR count). The van der Waals surface area contributed by atoms with Crippen molar-refractivity contribution in [3.8, 4) is 6.07 Å². The summed E-state index contributed by atoms with van der Waals surface area (Å²) in [4.78, 5) is 11.7. The molecule has 0 saturated heterocycles. The van der Waals surface area contributed by atoms with Crippen LogP contribution in [-0.4, -0.2) is 12.5 Å². The van der Waals surface area contributed by atoms with Crippen LogP contribution in [0.4, 0.5) is 0 Å². The molecule has 0 aromatic heterocycles. The van der Waals surface area contributed by atoms with Crippen molar-refractivity contribution < 1.29 is 4.79 Å². The van der Waals surface area contributed by atoms with Crippen molar-refractivity contribution in [1.82, 2.24) is 5.32 Å². The topological polar surface area (TPSA) is 52.9 Å². The molecule has 0 heterocycles. The fourth-order valence-corrected chi connectivity index (χ4v) is 1.92. The molecule has 1 aromatic carbocycles. The molecule has 0 aliphatic heterocycles. The monoisotopic (exact) mass is 300 g/mol. The Balaban J connectivity index is 2.71. The van der Waals surface area contributed by atoms with Gasteiger partial charge in [0.05, 0.1) is 17.6 Å². The highest BCUT2D eigenvalue weighted by atomic mass is 79.9. The van der Waals surface area contributed by atoms with Gasteiger partial charge < -0.3 is 5.32 Å². The van der Waals surface area contributed by atoms with Gasteiger partial charge in [0.2, 0.25) is 0 Å². The molecule has 0 aliphatic carbocycles. The number of nitrogens with one attached hydrogen (secondary N) is 1. The third-order valence-electron chi connectivity index (χ3n) is 1.96. The quantitative estimate of drug-likeness (QED) is 0.933. The molecule has 1 atom stereocenters. The molecule has 1 unspecified atom stereocenters. The van der Waals surface area contributed by atoms with Gasteiger partial charge in [-0.15, -0.1) is 0 Å². The maximum atomic E-state index is 11.7. The Morgan fingerprint density at radius 1 is 1.69 bits per heavy atom. The van der Waals surface area contributed by atoms with Crippen LogP contribution in [0.15, 0.2) is 22.7 Å². The first-order valence-corrected chi connectivity index (χ1v) is 5.84. The van der Waals surface area contributed by atoms with Crippen LogP contribution in [0, 0.1) is 17.2 Å². The average Bonchev–Trinajstić information content (AvgIpc) is 2.25. The van der Waals surface area contributed by atoms with E-state index in [9.17, 15) is 4.79 Å². The smallest absolute Gasteiger partial charge is 0.252 e. The minimum absolute atomic E-state index is 0.199. The van der Waals surface area contributed by atoms with Gasteiger partial charge in [0.1, 0.15) is 0 Å². The highest BCUT2D eigenvalue weighted by Crippen LogP contribution is 2.21. The van der Waals surface area contributed by atoms with Gasteiger partial charge in [-0.2, -0.15) is 5.26 Å². The minimum Gasteiger partial charge on any atom is -0.351 e. The summed E-state index contributed by atoms with van der Waals surface area (Å²) in [7, 11) is 0. The van der Waals surface area contributed by atoms with E-state index in [1.807, 2.05) is 6.07 Å². The standard InChI is InChI=1S/C11H10BrClN2O/c1-7(5-14)6-15-11(16)9-3-2-8(13)4-10(9)12/h2-4,7H,6H2,1H3,(H,15,16). The fraction of sp³-hybridized carbons (Fsp3) is 0.273. The molecule has 0 radical (unpaired) electrons. The molecule has 0 saturated carbocycles. The van der Waals surface area contributed by atoms with Crippen LogP contribution in [0.3, 0.4) is 0 Å². The van der Waals surface area contributed by atoms with Crippen molar-refractivity contribution in [3.05, 3.63) is 33.3 Å². The second-order valence-corrected chi connectivity index (χ2v) is 4.66. The van der Waals surface area contributed by atoms with Crippen LogP contribution < -0.4 is 5.32 Å². The predicted octanol–water partition coefficient (Wildman–Crippen LogP) is 2.99. The third kappa shape index (κ3) is 3.51. The SMILES string of the molecule is CC(C#N)CNC(=O)c1ccc(Cl)cc1Br. The molecule has 1 amide bonds. The van der Waals surface area contributed by atoms with Gasteiger partial charge in [-0.25, -0.2) is 0 Å². The normalized spacial score (nSPS) is 11.6. The van der Waals surface area contributed by atoms with E-state index in [1.165, 1.54) is 0 Å². The number of nitriles is 1. The van der Waals surface area contributed by atoms with E-state index < -0.39 is 0 Å². The first-order chi connectivity index (χ1) is 7.54. The summed E-state index contributed by atoms with van der Waals surface area (Å²) >= 11 is 9.03. The van der Waals surface area contributed by atoms with Gasteiger partial charge >= 0.3 is 0 Å². The van der Waals surface area contributed by atoms with Gasteiger partial charge in [-0.1, -0.05) is 11.6 Å². The first kappa shape index (κ1) is 13.0. The average molecular weight is 302 g/mol. The number of benzene rings is 1. The summed E-state index contributed by atoms with van der Waals surface area (Å²) < 4.78 is 0.641. The lowest BCUT2D eigenvalue weighted by Gasteiger charge is -2.07. The summed E-state index contributed by atoms with van der Waals surface area (Å²) in [5, 5.41) is 11.8. The van der Waals surface area contributed by atoms with Crippen LogP contribution in [-0.2, 0) is 0 Å².